The van der Waals surface area contributed by atoms with Gasteiger partial charge in [-0.3, -0.25) is 0 Å². The number of carboxylic acid groups (broad SMARTS) is 2. The molecule has 0 saturated heterocycles. The summed E-state index contributed by atoms with van der Waals surface area (Å²) in [6.07, 6.45) is 5.49. The monoisotopic (exact) mass is 374 g/mol. The number of hydrogen-bond donors (Lipinski definition) is 2. The molecule has 0 bridgehead atoms. The van der Waals surface area contributed by atoms with Crippen LogP contribution in [0.4, 0.5) is 0 Å². The first-order valence-corrected chi connectivity index (χ1v) is 8.09. The first-order valence-electron chi connectivity index (χ1n) is 8.09. The van der Waals surface area contributed by atoms with Crippen molar-refractivity contribution in [2.75, 3.05) is 0 Å². The van der Waals surface area contributed by atoms with Crippen LogP contribution in [0.2, 0.25) is 0 Å². The van der Waals surface area contributed by atoms with Crippen molar-refractivity contribution >= 4 is 11.9 Å². The molecule has 0 aliphatic rings. The van der Waals surface area contributed by atoms with Crippen molar-refractivity contribution in [3.05, 3.63) is 83.4 Å². The Kier molecular flexibility index (Phi) is 5.28. The van der Waals surface area contributed by atoms with Gasteiger partial charge in [0.1, 0.15) is 23.0 Å². The zero-order valence-corrected chi connectivity index (χ0v) is 14.5. The number of aromatic carboxylic acids is 2. The third-order valence-corrected chi connectivity index (χ3v) is 3.72. The van der Waals surface area contributed by atoms with Gasteiger partial charge in [-0.15, -0.1) is 6.42 Å². The number of carboxylic acids is 2. The van der Waals surface area contributed by atoms with Crippen molar-refractivity contribution in [3.63, 3.8) is 0 Å². The largest absolute Gasteiger partial charge is 0.478 e. The normalized spacial score (nSPS) is 9.96. The third-order valence-electron chi connectivity index (χ3n) is 3.72. The van der Waals surface area contributed by atoms with Crippen LogP contribution in [0.1, 0.15) is 26.3 Å². The molecule has 0 unspecified atom stereocenters. The van der Waals surface area contributed by atoms with Crippen molar-refractivity contribution in [2.24, 2.45) is 0 Å². The molecule has 0 spiro atoms. The van der Waals surface area contributed by atoms with E-state index in [1.54, 1.807) is 18.2 Å². The van der Waals surface area contributed by atoms with Crippen molar-refractivity contribution in [1.29, 1.82) is 0 Å². The van der Waals surface area contributed by atoms with Gasteiger partial charge in [0.2, 0.25) is 0 Å². The van der Waals surface area contributed by atoms with Gasteiger partial charge in [0.25, 0.3) is 0 Å². The Balaban J connectivity index is 1.82. The Hall–Kier alpha value is -4.24. The highest BCUT2D eigenvalue weighted by atomic mass is 16.5. The number of rotatable bonds is 6. The van der Waals surface area contributed by atoms with Crippen LogP contribution in [-0.4, -0.2) is 22.2 Å². The maximum absolute atomic E-state index is 10.9. The summed E-state index contributed by atoms with van der Waals surface area (Å²) in [7, 11) is 0. The summed E-state index contributed by atoms with van der Waals surface area (Å²) >= 11 is 0. The van der Waals surface area contributed by atoms with Gasteiger partial charge < -0.3 is 19.7 Å². The van der Waals surface area contributed by atoms with Gasteiger partial charge in [-0.2, -0.15) is 0 Å². The fourth-order valence-electron chi connectivity index (χ4n) is 2.38. The lowest BCUT2D eigenvalue weighted by Gasteiger charge is -2.11. The lowest BCUT2D eigenvalue weighted by Crippen LogP contribution is -1.96. The molecule has 138 valence electrons. The average Bonchev–Trinajstić information content (AvgIpc) is 2.68. The van der Waals surface area contributed by atoms with E-state index < -0.39 is 11.9 Å². The predicted molar refractivity (Wildman–Crippen MR) is 101 cm³/mol. The van der Waals surface area contributed by atoms with Crippen LogP contribution in [0.25, 0.3) is 0 Å². The number of carbonyl (C=O) groups is 2. The minimum Gasteiger partial charge on any atom is -0.478 e. The summed E-state index contributed by atoms with van der Waals surface area (Å²) in [5.74, 6) is 2.17. The van der Waals surface area contributed by atoms with Crippen LogP contribution in [-0.2, 0) is 0 Å². The molecule has 0 fully saturated rings. The van der Waals surface area contributed by atoms with E-state index in [1.165, 1.54) is 48.5 Å². The van der Waals surface area contributed by atoms with Crippen LogP contribution in [0, 0.1) is 12.3 Å². The quantitative estimate of drug-likeness (QED) is 0.610. The predicted octanol–water partition coefficient (Wildman–Crippen LogP) is 4.65. The molecule has 6 heteroatoms. The van der Waals surface area contributed by atoms with E-state index in [2.05, 4.69) is 5.92 Å². The van der Waals surface area contributed by atoms with Gasteiger partial charge in [0.05, 0.1) is 11.1 Å². The second-order valence-electron chi connectivity index (χ2n) is 5.70. The molecule has 0 heterocycles. The van der Waals surface area contributed by atoms with Gasteiger partial charge >= 0.3 is 11.9 Å². The summed E-state index contributed by atoms with van der Waals surface area (Å²) < 4.78 is 11.5. The first-order chi connectivity index (χ1) is 13.4. The van der Waals surface area contributed by atoms with E-state index in [4.69, 9.17) is 26.1 Å². The maximum atomic E-state index is 10.9. The minimum atomic E-state index is -1.02. The van der Waals surface area contributed by atoms with Crippen molar-refractivity contribution in [3.8, 4) is 35.3 Å². The number of hydrogen-bond acceptors (Lipinski definition) is 4. The number of benzene rings is 3. The molecular weight excluding hydrogens is 360 g/mol. The SMILES string of the molecule is C#Cc1cc(Oc2ccc(C(=O)O)cc2)cc(Oc2ccc(C(=O)O)cc2)c1. The summed E-state index contributed by atoms with van der Waals surface area (Å²) in [5, 5.41) is 17.9. The highest BCUT2D eigenvalue weighted by molar-refractivity contribution is 5.88. The third kappa shape index (κ3) is 4.48. The van der Waals surface area contributed by atoms with Crippen LogP contribution in [0.3, 0.4) is 0 Å². The first kappa shape index (κ1) is 18.5. The lowest BCUT2D eigenvalue weighted by atomic mass is 10.2. The smallest absolute Gasteiger partial charge is 0.335 e. The highest BCUT2D eigenvalue weighted by Crippen LogP contribution is 2.30. The molecule has 0 amide bonds. The van der Waals surface area contributed by atoms with E-state index >= 15 is 0 Å². The topological polar surface area (TPSA) is 93.1 Å². The summed E-state index contributed by atoms with van der Waals surface area (Å²) in [6, 6.07) is 16.8. The Morgan fingerprint density at radius 1 is 0.679 bits per heavy atom. The van der Waals surface area contributed by atoms with E-state index in [0.29, 0.717) is 28.6 Å². The fraction of sp³-hybridized carbons (Fsp3) is 0. The zero-order chi connectivity index (χ0) is 20.1. The van der Waals surface area contributed by atoms with Gasteiger partial charge in [-0.25, -0.2) is 9.59 Å². The second kappa shape index (κ2) is 7.98. The average molecular weight is 374 g/mol. The van der Waals surface area contributed by atoms with Gasteiger partial charge in [0.15, 0.2) is 0 Å². The molecular formula is C22H14O6. The molecule has 0 aliphatic carbocycles. The fourth-order valence-corrected chi connectivity index (χ4v) is 2.38. The van der Waals surface area contributed by atoms with Crippen LogP contribution < -0.4 is 9.47 Å². The molecule has 0 aromatic heterocycles. The minimum absolute atomic E-state index is 0.151. The lowest BCUT2D eigenvalue weighted by molar-refractivity contribution is 0.0686. The summed E-state index contributed by atoms with van der Waals surface area (Å²) in [6.45, 7) is 0. The Labute approximate surface area is 160 Å². The number of ether oxygens (including phenoxy) is 2. The molecule has 3 rings (SSSR count). The Bertz CT molecular complexity index is 982. The Morgan fingerprint density at radius 3 is 1.39 bits per heavy atom. The van der Waals surface area contributed by atoms with Crippen LogP contribution >= 0.6 is 0 Å². The van der Waals surface area contributed by atoms with Gasteiger partial charge in [0, 0.05) is 11.6 Å². The van der Waals surface area contributed by atoms with E-state index in [0.717, 1.165) is 0 Å². The molecule has 6 nitrogen and oxygen atoms in total. The Morgan fingerprint density at radius 2 is 1.07 bits per heavy atom. The van der Waals surface area contributed by atoms with Crippen molar-refractivity contribution in [2.45, 2.75) is 0 Å². The van der Waals surface area contributed by atoms with Gasteiger partial charge in [-0.05, 0) is 60.7 Å². The van der Waals surface area contributed by atoms with E-state index in [9.17, 15) is 9.59 Å². The van der Waals surface area contributed by atoms with Crippen molar-refractivity contribution < 1.29 is 29.3 Å². The standard InChI is InChI=1S/C22H14O6/c1-2-14-11-19(27-17-7-3-15(4-8-17)21(23)24)13-20(12-14)28-18-9-5-16(6-10-18)22(25)26/h1,3-13H,(H,23,24)(H,25,26). The van der Waals surface area contributed by atoms with E-state index in [-0.39, 0.29) is 11.1 Å². The molecule has 0 radical (unpaired) electrons. The molecule has 0 atom stereocenters. The summed E-state index contributed by atoms with van der Waals surface area (Å²) in [4.78, 5) is 21.8. The highest BCUT2D eigenvalue weighted by Gasteiger charge is 2.08. The molecule has 3 aromatic carbocycles. The maximum Gasteiger partial charge on any atom is 0.335 e. The molecule has 0 aliphatic heterocycles. The van der Waals surface area contributed by atoms with E-state index in [1.807, 2.05) is 0 Å². The van der Waals surface area contributed by atoms with Gasteiger partial charge in [-0.1, -0.05) is 5.92 Å². The number of terminal acetylenes is 1. The van der Waals surface area contributed by atoms with Crippen molar-refractivity contribution in [1.82, 2.24) is 0 Å². The molecule has 2 N–H and O–H groups in total. The zero-order valence-electron chi connectivity index (χ0n) is 14.5. The summed E-state index contributed by atoms with van der Waals surface area (Å²) in [5.41, 5.74) is 0.828. The van der Waals surface area contributed by atoms with Crippen LogP contribution in [0.5, 0.6) is 23.0 Å². The van der Waals surface area contributed by atoms with Crippen LogP contribution in [0.15, 0.2) is 66.7 Å². The molecule has 0 saturated carbocycles. The second-order valence-corrected chi connectivity index (χ2v) is 5.70. The molecule has 28 heavy (non-hydrogen) atoms. The molecule has 3 aromatic rings.